The maximum Gasteiger partial charge on any atom is 0.240 e. The van der Waals surface area contributed by atoms with Gasteiger partial charge < -0.3 is 10.6 Å². The third-order valence-electron chi connectivity index (χ3n) is 3.66. The molecule has 1 fully saturated rings. The van der Waals surface area contributed by atoms with E-state index in [4.69, 9.17) is 5.73 Å². The molecule has 106 valence electrons. The van der Waals surface area contributed by atoms with Crippen molar-refractivity contribution in [1.82, 2.24) is 4.72 Å². The van der Waals surface area contributed by atoms with Crippen molar-refractivity contribution in [3.8, 4) is 0 Å². The Morgan fingerprint density at radius 2 is 1.89 bits per heavy atom. The summed E-state index contributed by atoms with van der Waals surface area (Å²) in [7, 11) is 0.0816. The van der Waals surface area contributed by atoms with E-state index in [1.807, 2.05) is 19.2 Å². The van der Waals surface area contributed by atoms with E-state index in [-0.39, 0.29) is 4.90 Å². The van der Waals surface area contributed by atoms with E-state index in [0.717, 1.165) is 25.1 Å². The van der Waals surface area contributed by atoms with Gasteiger partial charge in [-0.05, 0) is 50.1 Å². The molecule has 6 heteroatoms. The quantitative estimate of drug-likeness (QED) is 0.837. The summed E-state index contributed by atoms with van der Waals surface area (Å²) in [5.74, 6) is 0.653. The molecule has 0 unspecified atom stereocenters. The van der Waals surface area contributed by atoms with Gasteiger partial charge in [0.1, 0.15) is 0 Å². The van der Waals surface area contributed by atoms with Gasteiger partial charge in [-0.3, -0.25) is 0 Å². The van der Waals surface area contributed by atoms with Crippen LogP contribution in [0.15, 0.2) is 29.2 Å². The first-order valence-corrected chi connectivity index (χ1v) is 7.91. The van der Waals surface area contributed by atoms with Crippen molar-refractivity contribution in [2.24, 2.45) is 11.7 Å². The van der Waals surface area contributed by atoms with Gasteiger partial charge in [0, 0.05) is 25.3 Å². The van der Waals surface area contributed by atoms with Gasteiger partial charge in [-0.2, -0.15) is 0 Å². The predicted octanol–water partition coefficient (Wildman–Crippen LogP) is 0.768. The highest BCUT2D eigenvalue weighted by atomic mass is 32.2. The molecule has 0 bridgehead atoms. The second-order valence-corrected chi connectivity index (χ2v) is 7.07. The summed E-state index contributed by atoms with van der Waals surface area (Å²) in [6.07, 6.45) is 2.16. The van der Waals surface area contributed by atoms with Crippen LogP contribution >= 0.6 is 0 Å². The van der Waals surface area contributed by atoms with E-state index in [0.29, 0.717) is 12.0 Å². The van der Waals surface area contributed by atoms with Crippen LogP contribution in [0.4, 0.5) is 5.69 Å². The van der Waals surface area contributed by atoms with Crippen molar-refractivity contribution >= 4 is 15.7 Å². The first-order chi connectivity index (χ1) is 8.92. The van der Waals surface area contributed by atoms with Crippen LogP contribution in [-0.4, -0.2) is 35.1 Å². The molecule has 0 amide bonds. The Hall–Kier alpha value is -1.11. The summed E-state index contributed by atoms with van der Waals surface area (Å²) in [5.41, 5.74) is 6.80. The van der Waals surface area contributed by atoms with Crippen molar-refractivity contribution in [1.29, 1.82) is 0 Å². The van der Waals surface area contributed by atoms with Gasteiger partial charge in [-0.15, -0.1) is 0 Å². The first-order valence-electron chi connectivity index (χ1n) is 6.42. The molecule has 0 heterocycles. The zero-order chi connectivity index (χ0) is 14.0. The van der Waals surface area contributed by atoms with Gasteiger partial charge in [-0.25, -0.2) is 13.1 Å². The molecule has 0 aliphatic heterocycles. The molecule has 0 saturated heterocycles. The zero-order valence-electron chi connectivity index (χ0n) is 11.3. The lowest BCUT2D eigenvalue weighted by Gasteiger charge is -2.36. The molecule has 0 atom stereocenters. The predicted molar refractivity (Wildman–Crippen MR) is 76.7 cm³/mol. The molecule has 1 aliphatic rings. The Labute approximate surface area is 114 Å². The molecule has 19 heavy (non-hydrogen) atoms. The molecular weight excluding hydrogens is 262 g/mol. The average Bonchev–Trinajstić information content (AvgIpc) is 2.37. The lowest BCUT2D eigenvalue weighted by Crippen LogP contribution is -2.41. The summed E-state index contributed by atoms with van der Waals surface area (Å²) >= 11 is 0. The van der Waals surface area contributed by atoms with E-state index in [2.05, 4.69) is 9.62 Å². The first kappa shape index (κ1) is 14.3. The minimum atomic E-state index is -3.35. The van der Waals surface area contributed by atoms with Gasteiger partial charge in [0.25, 0.3) is 0 Å². The molecule has 1 aromatic rings. The van der Waals surface area contributed by atoms with Crippen molar-refractivity contribution < 1.29 is 8.42 Å². The number of nitrogens with one attached hydrogen (secondary N) is 1. The third-order valence-corrected chi connectivity index (χ3v) is 5.09. The monoisotopic (exact) mass is 283 g/mol. The lowest BCUT2D eigenvalue weighted by molar-refractivity contribution is 0.271. The Balaban J connectivity index is 2.02. The Morgan fingerprint density at radius 3 is 2.37 bits per heavy atom. The SMILES string of the molecule is CNS(=O)(=O)c1ccc(N(C)CC2CC(N)C2)cc1. The fourth-order valence-corrected chi connectivity index (χ4v) is 3.16. The molecule has 0 radical (unpaired) electrons. The highest BCUT2D eigenvalue weighted by Gasteiger charge is 2.26. The minimum Gasteiger partial charge on any atom is -0.374 e. The van der Waals surface area contributed by atoms with Crippen LogP contribution in [0.5, 0.6) is 0 Å². The third kappa shape index (κ3) is 3.26. The van der Waals surface area contributed by atoms with Crippen molar-refractivity contribution in [2.75, 3.05) is 25.5 Å². The molecule has 3 N–H and O–H groups in total. The van der Waals surface area contributed by atoms with Gasteiger partial charge in [0.05, 0.1) is 4.90 Å². The van der Waals surface area contributed by atoms with Crippen LogP contribution < -0.4 is 15.4 Å². The standard InChI is InChI=1S/C13H21N3O2S/c1-15-19(17,18)13-5-3-12(4-6-13)16(2)9-10-7-11(14)8-10/h3-6,10-11,15H,7-9,14H2,1-2H3. The van der Waals surface area contributed by atoms with Crippen molar-refractivity contribution in [2.45, 2.75) is 23.8 Å². The van der Waals surface area contributed by atoms with Crippen LogP contribution in [0.3, 0.4) is 0 Å². The number of benzene rings is 1. The smallest absolute Gasteiger partial charge is 0.240 e. The Kier molecular flexibility index (Phi) is 4.13. The van der Waals surface area contributed by atoms with Gasteiger partial charge in [0.2, 0.25) is 10.0 Å². The van der Waals surface area contributed by atoms with Gasteiger partial charge in [-0.1, -0.05) is 0 Å². The van der Waals surface area contributed by atoms with Crippen molar-refractivity contribution in [3.63, 3.8) is 0 Å². The van der Waals surface area contributed by atoms with E-state index in [9.17, 15) is 8.42 Å². The average molecular weight is 283 g/mol. The fourth-order valence-electron chi connectivity index (χ4n) is 2.43. The summed E-state index contributed by atoms with van der Waals surface area (Å²) in [6, 6.07) is 7.29. The number of sulfonamides is 1. The molecular formula is C13H21N3O2S. The van der Waals surface area contributed by atoms with E-state index in [1.54, 1.807) is 12.1 Å². The minimum absolute atomic E-state index is 0.290. The highest BCUT2D eigenvalue weighted by molar-refractivity contribution is 7.89. The maximum atomic E-state index is 11.6. The second kappa shape index (κ2) is 5.48. The highest BCUT2D eigenvalue weighted by Crippen LogP contribution is 2.28. The van der Waals surface area contributed by atoms with Crippen molar-refractivity contribution in [3.05, 3.63) is 24.3 Å². The number of nitrogens with two attached hydrogens (primary N) is 1. The Morgan fingerprint density at radius 1 is 1.32 bits per heavy atom. The molecule has 1 aromatic carbocycles. The van der Waals surface area contributed by atoms with Crippen LogP contribution in [0, 0.1) is 5.92 Å². The largest absolute Gasteiger partial charge is 0.374 e. The summed E-state index contributed by atoms with van der Waals surface area (Å²) in [4.78, 5) is 2.43. The maximum absolute atomic E-state index is 11.6. The van der Waals surface area contributed by atoms with Crippen LogP contribution in [0.1, 0.15) is 12.8 Å². The fraction of sp³-hybridized carbons (Fsp3) is 0.538. The number of anilines is 1. The summed E-state index contributed by atoms with van der Waals surface area (Å²) < 4.78 is 25.5. The number of rotatable bonds is 5. The molecule has 1 saturated carbocycles. The number of nitrogens with zero attached hydrogens (tertiary/aromatic N) is 1. The van der Waals surface area contributed by atoms with E-state index >= 15 is 0 Å². The lowest BCUT2D eigenvalue weighted by atomic mass is 9.80. The zero-order valence-corrected chi connectivity index (χ0v) is 12.2. The summed E-state index contributed by atoms with van der Waals surface area (Å²) in [6.45, 7) is 0.964. The Bertz CT molecular complexity index is 521. The van der Waals surface area contributed by atoms with Crippen LogP contribution in [-0.2, 0) is 10.0 Å². The van der Waals surface area contributed by atoms with Crippen LogP contribution in [0.25, 0.3) is 0 Å². The molecule has 2 rings (SSSR count). The van der Waals surface area contributed by atoms with Gasteiger partial charge >= 0.3 is 0 Å². The molecule has 0 spiro atoms. The number of hydrogen-bond donors (Lipinski definition) is 2. The molecule has 0 aromatic heterocycles. The normalized spacial score (nSPS) is 22.9. The number of hydrogen-bond acceptors (Lipinski definition) is 4. The van der Waals surface area contributed by atoms with E-state index in [1.165, 1.54) is 7.05 Å². The molecule has 5 nitrogen and oxygen atoms in total. The van der Waals surface area contributed by atoms with E-state index < -0.39 is 10.0 Å². The topological polar surface area (TPSA) is 75.4 Å². The second-order valence-electron chi connectivity index (χ2n) is 5.18. The molecule has 1 aliphatic carbocycles. The van der Waals surface area contributed by atoms with Crippen LogP contribution in [0.2, 0.25) is 0 Å². The van der Waals surface area contributed by atoms with Gasteiger partial charge in [0.15, 0.2) is 0 Å². The summed E-state index contributed by atoms with van der Waals surface area (Å²) in [5, 5.41) is 0.